The lowest BCUT2D eigenvalue weighted by atomic mass is 10.0. The molecule has 0 aliphatic heterocycles. The normalized spacial score (nSPS) is 14.6. The molecule has 0 aromatic carbocycles. The van der Waals surface area contributed by atoms with E-state index in [1.165, 1.54) is 43.9 Å². The van der Waals surface area contributed by atoms with Crippen LogP contribution in [0.3, 0.4) is 0 Å². The van der Waals surface area contributed by atoms with Crippen LogP contribution in [-0.4, -0.2) is 16.8 Å². The van der Waals surface area contributed by atoms with Gasteiger partial charge in [-0.3, -0.25) is 9.59 Å². The number of nitrogens with one attached hydrogen (secondary N) is 2. The second kappa shape index (κ2) is 8.29. The van der Waals surface area contributed by atoms with Crippen LogP contribution < -0.4 is 10.6 Å². The topological polar surface area (TPSA) is 84.2 Å². The molecule has 2 amide bonds. The molecule has 0 spiro atoms. The molecule has 0 bridgehead atoms. The predicted octanol–water partition coefficient (Wildman–Crippen LogP) is 3.95. The smallest absolute Gasteiger partial charge is 0.226 e. The molecule has 1 fully saturated rings. The van der Waals surface area contributed by atoms with E-state index in [-0.39, 0.29) is 11.8 Å². The Balaban J connectivity index is 1.51. The Labute approximate surface area is 151 Å². The first-order valence-corrected chi connectivity index (χ1v) is 9.57. The fraction of sp³-hybridized carbons (Fsp3) is 0.500. The molecule has 0 radical (unpaired) electrons. The van der Waals surface area contributed by atoms with Crippen molar-refractivity contribution in [3.63, 3.8) is 0 Å². The van der Waals surface area contributed by atoms with Crippen LogP contribution in [0, 0.1) is 5.92 Å². The highest BCUT2D eigenvalue weighted by Gasteiger charge is 2.17. The summed E-state index contributed by atoms with van der Waals surface area (Å²) in [6.45, 7) is 1.82. The first-order chi connectivity index (χ1) is 12.1. The average molecular weight is 361 g/mol. The van der Waals surface area contributed by atoms with Crippen molar-refractivity contribution in [2.24, 2.45) is 5.92 Å². The van der Waals surface area contributed by atoms with E-state index in [1.807, 2.05) is 17.5 Å². The molecule has 1 aliphatic rings. The molecular formula is C18H23N3O3S. The highest BCUT2D eigenvalue weighted by molar-refractivity contribution is 7.14. The number of hydrogen-bond donors (Lipinski definition) is 2. The second-order valence-electron chi connectivity index (χ2n) is 6.45. The van der Waals surface area contributed by atoms with E-state index >= 15 is 0 Å². The zero-order valence-corrected chi connectivity index (χ0v) is 15.2. The van der Waals surface area contributed by atoms with Gasteiger partial charge >= 0.3 is 0 Å². The Bertz CT molecular complexity index is 732. The number of nitrogens with zero attached hydrogens (tertiary/aromatic N) is 1. The zero-order valence-electron chi connectivity index (χ0n) is 14.3. The first kappa shape index (κ1) is 17.7. The summed E-state index contributed by atoms with van der Waals surface area (Å²) in [6.07, 6.45) is 6.64. The third-order valence-electron chi connectivity index (χ3n) is 4.43. The molecule has 1 saturated carbocycles. The van der Waals surface area contributed by atoms with E-state index in [9.17, 15) is 9.59 Å². The number of anilines is 1. The van der Waals surface area contributed by atoms with Crippen molar-refractivity contribution in [3.05, 3.63) is 23.3 Å². The molecule has 0 saturated heterocycles. The van der Waals surface area contributed by atoms with Gasteiger partial charge in [0.25, 0.3) is 0 Å². The van der Waals surface area contributed by atoms with Gasteiger partial charge in [0.15, 0.2) is 10.9 Å². The van der Waals surface area contributed by atoms with Crippen molar-refractivity contribution in [1.29, 1.82) is 0 Å². The molecule has 134 valence electrons. The zero-order chi connectivity index (χ0) is 17.6. The molecule has 0 atom stereocenters. The molecule has 7 heteroatoms. The lowest BCUT2D eigenvalue weighted by molar-refractivity contribution is -0.119. The summed E-state index contributed by atoms with van der Waals surface area (Å²) in [5, 5.41) is 8.00. The number of hydrogen-bond acceptors (Lipinski definition) is 5. The van der Waals surface area contributed by atoms with Crippen LogP contribution in [0.15, 0.2) is 21.9 Å². The second-order valence-corrected chi connectivity index (χ2v) is 7.31. The van der Waals surface area contributed by atoms with Crippen molar-refractivity contribution < 1.29 is 14.0 Å². The number of thiazole rings is 1. The summed E-state index contributed by atoms with van der Waals surface area (Å²) in [6, 6.07) is 3.63. The maximum absolute atomic E-state index is 12.1. The summed E-state index contributed by atoms with van der Waals surface area (Å²) in [5.41, 5.74) is 0.685. The van der Waals surface area contributed by atoms with Crippen LogP contribution >= 0.6 is 11.3 Å². The summed E-state index contributed by atoms with van der Waals surface area (Å²) in [4.78, 5) is 27.4. The average Bonchev–Trinajstić information content (AvgIpc) is 3.32. The minimum absolute atomic E-state index is 0.0265. The number of carbonyl (C=O) groups is 2. The van der Waals surface area contributed by atoms with Crippen molar-refractivity contribution in [3.8, 4) is 11.5 Å². The van der Waals surface area contributed by atoms with Crippen molar-refractivity contribution in [1.82, 2.24) is 10.3 Å². The molecule has 2 aromatic rings. The van der Waals surface area contributed by atoms with E-state index in [0.717, 1.165) is 6.42 Å². The summed E-state index contributed by atoms with van der Waals surface area (Å²) in [7, 11) is 0. The van der Waals surface area contributed by atoms with Crippen LogP contribution in [-0.2, 0) is 16.1 Å². The van der Waals surface area contributed by atoms with Gasteiger partial charge in [-0.05, 0) is 24.5 Å². The van der Waals surface area contributed by atoms with E-state index in [0.29, 0.717) is 41.2 Å². The van der Waals surface area contributed by atoms with E-state index in [4.69, 9.17) is 4.42 Å². The lowest BCUT2D eigenvalue weighted by Crippen LogP contribution is -2.18. The summed E-state index contributed by atoms with van der Waals surface area (Å²) < 4.78 is 5.67. The number of rotatable bonds is 7. The number of amides is 2. The van der Waals surface area contributed by atoms with Crippen molar-refractivity contribution >= 4 is 28.3 Å². The minimum Gasteiger partial charge on any atom is -0.458 e. The van der Waals surface area contributed by atoms with Gasteiger partial charge in [0.2, 0.25) is 11.8 Å². The Morgan fingerprint density at radius 3 is 2.88 bits per heavy atom. The van der Waals surface area contributed by atoms with Crippen molar-refractivity contribution in [2.45, 2.75) is 52.0 Å². The van der Waals surface area contributed by atoms with E-state index in [2.05, 4.69) is 15.6 Å². The van der Waals surface area contributed by atoms with Crippen LogP contribution in [0.25, 0.3) is 11.5 Å². The summed E-state index contributed by atoms with van der Waals surface area (Å²) in [5.74, 6) is 1.93. The third-order valence-corrected chi connectivity index (χ3v) is 5.19. The lowest BCUT2D eigenvalue weighted by Gasteiger charge is -2.07. The Hall–Kier alpha value is -2.15. The van der Waals surface area contributed by atoms with Crippen LogP contribution in [0.2, 0.25) is 0 Å². The quantitative estimate of drug-likeness (QED) is 0.782. The largest absolute Gasteiger partial charge is 0.458 e. The fourth-order valence-corrected chi connectivity index (χ4v) is 3.80. The molecule has 2 N–H and O–H groups in total. The summed E-state index contributed by atoms with van der Waals surface area (Å²) >= 11 is 1.39. The number of furan rings is 1. The SMILES string of the molecule is CC(=O)NCc1ccc(-c2csc(NC(=O)CCC3CCCC3)n2)o1. The Kier molecular flexibility index (Phi) is 5.86. The third kappa shape index (κ3) is 5.16. The number of carbonyl (C=O) groups excluding carboxylic acids is 2. The number of aromatic nitrogens is 1. The molecule has 25 heavy (non-hydrogen) atoms. The molecule has 1 aliphatic carbocycles. The van der Waals surface area contributed by atoms with Crippen LogP contribution in [0.5, 0.6) is 0 Å². The van der Waals surface area contributed by atoms with Gasteiger partial charge in [-0.1, -0.05) is 25.7 Å². The molecule has 6 nitrogen and oxygen atoms in total. The standard InChI is InChI=1S/C18H23N3O3S/c1-12(22)19-10-14-7-8-16(24-14)15-11-25-18(20-15)21-17(23)9-6-13-4-2-3-5-13/h7-8,11,13H,2-6,9-10H2,1H3,(H,19,22)(H,20,21,23). The van der Waals surface area contributed by atoms with Crippen LogP contribution in [0.4, 0.5) is 5.13 Å². The van der Waals surface area contributed by atoms with E-state index in [1.54, 1.807) is 0 Å². The molecule has 3 rings (SSSR count). The van der Waals surface area contributed by atoms with Gasteiger partial charge in [0.1, 0.15) is 11.5 Å². The van der Waals surface area contributed by atoms with Gasteiger partial charge in [-0.15, -0.1) is 11.3 Å². The highest BCUT2D eigenvalue weighted by atomic mass is 32.1. The molecule has 0 unspecified atom stereocenters. The maximum atomic E-state index is 12.1. The van der Waals surface area contributed by atoms with Gasteiger partial charge in [0, 0.05) is 18.7 Å². The van der Waals surface area contributed by atoms with Gasteiger partial charge in [0.05, 0.1) is 6.54 Å². The highest BCUT2D eigenvalue weighted by Crippen LogP contribution is 2.29. The Morgan fingerprint density at radius 2 is 2.12 bits per heavy atom. The van der Waals surface area contributed by atoms with E-state index < -0.39 is 0 Å². The monoisotopic (exact) mass is 361 g/mol. The predicted molar refractivity (Wildman–Crippen MR) is 97.2 cm³/mol. The Morgan fingerprint density at radius 1 is 1.32 bits per heavy atom. The minimum atomic E-state index is -0.103. The van der Waals surface area contributed by atoms with Gasteiger partial charge in [-0.2, -0.15) is 0 Å². The van der Waals surface area contributed by atoms with Gasteiger partial charge in [-0.25, -0.2) is 4.98 Å². The first-order valence-electron chi connectivity index (χ1n) is 8.69. The molecular weight excluding hydrogens is 338 g/mol. The molecule has 2 aromatic heterocycles. The van der Waals surface area contributed by atoms with Crippen LogP contribution in [0.1, 0.15) is 51.2 Å². The fourth-order valence-electron chi connectivity index (χ4n) is 3.08. The maximum Gasteiger partial charge on any atom is 0.226 e. The molecule has 2 heterocycles. The van der Waals surface area contributed by atoms with Gasteiger partial charge < -0.3 is 15.1 Å². The van der Waals surface area contributed by atoms with Crippen molar-refractivity contribution in [2.75, 3.05) is 5.32 Å².